The van der Waals surface area contributed by atoms with E-state index in [4.69, 9.17) is 0 Å². The van der Waals surface area contributed by atoms with Gasteiger partial charge in [0.05, 0.1) is 30.2 Å². The number of hydrazine groups is 1. The summed E-state index contributed by atoms with van der Waals surface area (Å²) in [5.41, 5.74) is 5.74. The standard InChI is InChI=1S/C32H39N5O6.Li/c1-18(2)29(30(40)34-19(3)31(41)37-12-6-9-26(36-37)32(42)43)35-28(39)14-21-7-5-8-23(13-21)27-16-25-15-22(20(4)38)10-11-24(25)17-33-27;/h5,7-8,10-11,13,15-20,26,29,36,38H,6,9,12,14H2,1-4H3,(H,34,40)(H,35,39)(H,42,43);/q;+1/p-1/t19-,20+,26-,29-;/m0./s1. The summed E-state index contributed by atoms with van der Waals surface area (Å²) in [7, 11) is 0. The second-order valence-corrected chi connectivity index (χ2v) is 11.4. The number of aliphatic carboxylic acids is 1. The molecule has 0 saturated carbocycles. The van der Waals surface area contributed by atoms with Gasteiger partial charge in [0.2, 0.25) is 11.8 Å². The molecule has 2 aromatic carbocycles. The number of benzene rings is 2. The smallest absolute Gasteiger partial charge is 0.548 e. The van der Waals surface area contributed by atoms with E-state index >= 15 is 0 Å². The van der Waals surface area contributed by atoms with Crippen LogP contribution in [0.25, 0.3) is 22.0 Å². The van der Waals surface area contributed by atoms with Crippen molar-refractivity contribution in [2.75, 3.05) is 6.54 Å². The van der Waals surface area contributed by atoms with Crippen LogP contribution in [0.1, 0.15) is 57.8 Å². The fourth-order valence-electron chi connectivity index (χ4n) is 5.08. The molecule has 3 amide bonds. The summed E-state index contributed by atoms with van der Waals surface area (Å²) in [4.78, 5) is 54.8. The first kappa shape index (κ1) is 34.7. The van der Waals surface area contributed by atoms with Gasteiger partial charge < -0.3 is 25.6 Å². The van der Waals surface area contributed by atoms with Crippen LogP contribution < -0.4 is 40.0 Å². The molecule has 0 radical (unpaired) electrons. The van der Waals surface area contributed by atoms with Gasteiger partial charge in [-0.1, -0.05) is 44.2 Å². The van der Waals surface area contributed by atoms with Crippen LogP contribution in [0.4, 0.5) is 0 Å². The summed E-state index contributed by atoms with van der Waals surface area (Å²) in [6.45, 7) is 7.13. The van der Waals surface area contributed by atoms with E-state index in [-0.39, 0.29) is 37.1 Å². The molecule has 3 aromatic rings. The first-order valence-corrected chi connectivity index (χ1v) is 14.5. The fraction of sp³-hybridized carbons (Fsp3) is 0.406. The normalized spacial score (nSPS) is 16.9. The van der Waals surface area contributed by atoms with Gasteiger partial charge in [0, 0.05) is 23.7 Å². The third kappa shape index (κ3) is 8.67. The summed E-state index contributed by atoms with van der Waals surface area (Å²) in [5, 5.41) is 29.7. The number of pyridine rings is 1. The molecule has 12 heteroatoms. The predicted molar refractivity (Wildman–Crippen MR) is 159 cm³/mol. The first-order valence-electron chi connectivity index (χ1n) is 14.5. The third-order valence-corrected chi connectivity index (χ3v) is 7.55. The van der Waals surface area contributed by atoms with Crippen molar-refractivity contribution < 1.29 is 48.3 Å². The number of carbonyl (C=O) groups is 4. The molecule has 1 aliphatic rings. The average Bonchev–Trinajstić information content (AvgIpc) is 2.98. The van der Waals surface area contributed by atoms with Crippen LogP contribution >= 0.6 is 0 Å². The molecule has 1 aliphatic heterocycles. The number of nitrogens with zero attached hydrogens (tertiary/aromatic N) is 2. The van der Waals surface area contributed by atoms with Crippen LogP contribution in [0.15, 0.2) is 54.7 Å². The Morgan fingerprint density at radius 2 is 1.80 bits per heavy atom. The number of nitrogens with one attached hydrogen (secondary N) is 3. The van der Waals surface area contributed by atoms with Crippen molar-refractivity contribution >= 4 is 34.5 Å². The minimum absolute atomic E-state index is 0. The predicted octanol–water partition coefficient (Wildman–Crippen LogP) is -1.61. The summed E-state index contributed by atoms with van der Waals surface area (Å²) in [6.07, 6.45) is 2.06. The van der Waals surface area contributed by atoms with Gasteiger partial charge in [-0.25, -0.2) is 5.43 Å². The van der Waals surface area contributed by atoms with Gasteiger partial charge in [0.15, 0.2) is 0 Å². The number of hydrogen-bond acceptors (Lipinski definition) is 8. The molecule has 1 saturated heterocycles. The van der Waals surface area contributed by atoms with E-state index in [9.17, 15) is 29.4 Å². The molecule has 0 unspecified atom stereocenters. The Morgan fingerprint density at radius 3 is 2.48 bits per heavy atom. The number of aliphatic hydroxyl groups is 1. The number of hydrogen-bond donors (Lipinski definition) is 4. The number of rotatable bonds is 10. The molecule has 44 heavy (non-hydrogen) atoms. The third-order valence-electron chi connectivity index (χ3n) is 7.55. The van der Waals surface area contributed by atoms with Crippen LogP contribution in [-0.4, -0.2) is 63.5 Å². The maximum absolute atomic E-state index is 13.1. The minimum Gasteiger partial charge on any atom is -0.548 e. The molecule has 228 valence electrons. The van der Waals surface area contributed by atoms with Crippen LogP contribution in [0.2, 0.25) is 0 Å². The Hall–Kier alpha value is -3.75. The molecule has 4 rings (SSSR count). The van der Waals surface area contributed by atoms with Gasteiger partial charge in [-0.05, 0) is 67.3 Å². The molecule has 0 aliphatic carbocycles. The van der Waals surface area contributed by atoms with E-state index in [0.717, 1.165) is 33.2 Å². The number of aliphatic hydroxyl groups excluding tert-OH is 1. The van der Waals surface area contributed by atoms with Gasteiger partial charge in [0.25, 0.3) is 5.91 Å². The Bertz CT molecular complexity index is 1510. The van der Waals surface area contributed by atoms with Gasteiger partial charge in [-0.3, -0.25) is 24.4 Å². The maximum Gasteiger partial charge on any atom is 1.00 e. The largest absolute Gasteiger partial charge is 1.00 e. The molecule has 4 atom stereocenters. The number of fused-ring (bicyclic) bond motifs is 1. The average molecular weight is 596 g/mol. The zero-order valence-corrected chi connectivity index (χ0v) is 25.8. The molecular weight excluding hydrogens is 557 g/mol. The number of carboxylic acid groups (broad SMARTS) is 1. The summed E-state index contributed by atoms with van der Waals surface area (Å²) in [5.74, 6) is -2.89. The molecule has 1 fully saturated rings. The van der Waals surface area contributed by atoms with Gasteiger partial charge >= 0.3 is 18.9 Å². The monoisotopic (exact) mass is 595 g/mol. The summed E-state index contributed by atoms with van der Waals surface area (Å²) >= 11 is 0. The van der Waals surface area contributed by atoms with E-state index in [1.54, 1.807) is 27.0 Å². The van der Waals surface area contributed by atoms with Crippen LogP contribution in [0.3, 0.4) is 0 Å². The van der Waals surface area contributed by atoms with Gasteiger partial charge in [-0.15, -0.1) is 0 Å². The van der Waals surface area contributed by atoms with E-state index < -0.39 is 42.0 Å². The van der Waals surface area contributed by atoms with Crippen molar-refractivity contribution in [2.45, 2.75) is 71.2 Å². The minimum atomic E-state index is -1.29. The topological polar surface area (TPSA) is 164 Å². The first-order chi connectivity index (χ1) is 20.4. The molecule has 11 nitrogen and oxygen atoms in total. The Labute approximate surface area is 268 Å². The molecule has 4 N–H and O–H groups in total. The quantitative estimate of drug-likeness (QED) is 0.204. The van der Waals surface area contributed by atoms with E-state index in [1.807, 2.05) is 48.5 Å². The van der Waals surface area contributed by atoms with E-state index in [2.05, 4.69) is 21.0 Å². The maximum atomic E-state index is 13.1. The molecular formula is C32H38LiN5O6. The second-order valence-electron chi connectivity index (χ2n) is 11.4. The Morgan fingerprint density at radius 1 is 1.05 bits per heavy atom. The Kier molecular flexibility index (Phi) is 12.1. The SMILES string of the molecule is CC(C)[C@H](NC(=O)Cc1cccc(-c2cc3cc([C@@H](C)O)ccc3cn2)c1)C(=O)N[C@@H](C)C(=O)N1CCC[C@@H](C(=O)[O-])N1.[Li+]. The molecule has 0 spiro atoms. The summed E-state index contributed by atoms with van der Waals surface area (Å²) in [6, 6.07) is 12.3. The number of aromatic nitrogens is 1. The van der Waals surface area contributed by atoms with Crippen molar-refractivity contribution in [3.8, 4) is 11.3 Å². The number of amides is 3. The van der Waals surface area contributed by atoms with Crippen molar-refractivity contribution in [2.24, 2.45) is 5.92 Å². The van der Waals surface area contributed by atoms with Crippen LogP contribution in [0, 0.1) is 5.92 Å². The number of carbonyl (C=O) groups excluding carboxylic acids is 4. The number of carboxylic acids is 1. The second kappa shape index (κ2) is 15.3. The van der Waals surface area contributed by atoms with Crippen molar-refractivity contribution in [1.82, 2.24) is 26.1 Å². The van der Waals surface area contributed by atoms with Crippen LogP contribution in [0.5, 0.6) is 0 Å². The van der Waals surface area contributed by atoms with Crippen LogP contribution in [-0.2, 0) is 25.6 Å². The van der Waals surface area contributed by atoms with Crippen molar-refractivity contribution in [3.05, 3.63) is 65.9 Å². The van der Waals surface area contributed by atoms with Crippen molar-refractivity contribution in [3.63, 3.8) is 0 Å². The Balaban J connectivity index is 0.00000529. The zero-order chi connectivity index (χ0) is 31.3. The molecule has 0 bridgehead atoms. The van der Waals surface area contributed by atoms with Gasteiger partial charge in [0.1, 0.15) is 12.1 Å². The fourth-order valence-corrected chi connectivity index (χ4v) is 5.08. The zero-order valence-electron chi connectivity index (χ0n) is 25.8. The van der Waals surface area contributed by atoms with E-state index in [1.165, 1.54) is 11.9 Å². The molecule has 2 heterocycles. The summed E-state index contributed by atoms with van der Waals surface area (Å²) < 4.78 is 0. The van der Waals surface area contributed by atoms with Gasteiger partial charge in [-0.2, -0.15) is 0 Å². The van der Waals surface area contributed by atoms with Crippen molar-refractivity contribution in [1.29, 1.82) is 0 Å². The molecule has 1 aromatic heterocycles. The van der Waals surface area contributed by atoms with E-state index in [0.29, 0.717) is 19.4 Å².